The van der Waals surface area contributed by atoms with E-state index in [-0.39, 0.29) is 24.3 Å². The van der Waals surface area contributed by atoms with Gasteiger partial charge in [-0.1, -0.05) is 12.1 Å². The molecule has 2 aromatic rings. The molecule has 1 aromatic carbocycles. The molecule has 1 aromatic heterocycles. The molecule has 0 spiro atoms. The number of benzene rings is 1. The lowest BCUT2D eigenvalue weighted by atomic mass is 10.2. The zero-order valence-corrected chi connectivity index (χ0v) is 14.3. The van der Waals surface area contributed by atoms with Crippen molar-refractivity contribution in [2.24, 2.45) is 0 Å². The Labute approximate surface area is 145 Å². The number of carbonyl (C=O) groups is 2. The third-order valence-electron chi connectivity index (χ3n) is 3.87. The highest BCUT2D eigenvalue weighted by atomic mass is 32.2. The summed E-state index contributed by atoms with van der Waals surface area (Å²) >= 11 is 1.55. The van der Waals surface area contributed by atoms with Crippen molar-refractivity contribution in [2.45, 2.75) is 30.7 Å². The molecule has 126 valence electrons. The summed E-state index contributed by atoms with van der Waals surface area (Å²) in [7, 11) is 0. The zero-order valence-electron chi connectivity index (χ0n) is 13.5. The quantitative estimate of drug-likeness (QED) is 0.875. The highest BCUT2D eigenvalue weighted by Crippen LogP contribution is 2.34. The molecule has 24 heavy (non-hydrogen) atoms. The fourth-order valence-electron chi connectivity index (χ4n) is 2.74. The van der Waals surface area contributed by atoms with Crippen LogP contribution >= 0.6 is 11.8 Å². The molecule has 1 aliphatic heterocycles. The van der Waals surface area contributed by atoms with Gasteiger partial charge in [0.05, 0.1) is 17.7 Å². The number of hydrogen-bond acceptors (Lipinski definition) is 4. The van der Waals surface area contributed by atoms with E-state index in [2.05, 4.69) is 5.32 Å². The van der Waals surface area contributed by atoms with Crippen molar-refractivity contribution in [3.8, 4) is 0 Å². The third kappa shape index (κ3) is 4.00. The summed E-state index contributed by atoms with van der Waals surface area (Å²) in [4.78, 5) is 27.1. The second-order valence-electron chi connectivity index (χ2n) is 5.80. The van der Waals surface area contributed by atoms with Crippen LogP contribution < -0.4 is 10.2 Å². The van der Waals surface area contributed by atoms with E-state index in [1.54, 1.807) is 22.9 Å². The van der Waals surface area contributed by atoms with E-state index >= 15 is 0 Å². The lowest BCUT2D eigenvalue weighted by Gasteiger charge is -2.28. The molecule has 1 N–H and O–H groups in total. The summed E-state index contributed by atoms with van der Waals surface area (Å²) in [6, 6.07) is 11.5. The summed E-state index contributed by atoms with van der Waals surface area (Å²) in [5.74, 6) is 1.26. The van der Waals surface area contributed by atoms with Gasteiger partial charge in [0.1, 0.15) is 5.76 Å². The Morgan fingerprint density at radius 2 is 2.17 bits per heavy atom. The topological polar surface area (TPSA) is 62.6 Å². The van der Waals surface area contributed by atoms with Gasteiger partial charge < -0.3 is 14.6 Å². The SMILES string of the molecule is C[C@@H](Cc1ccco1)NC(=O)CCN1C(=O)CSc2ccccc21. The maximum Gasteiger partial charge on any atom is 0.237 e. The lowest BCUT2D eigenvalue weighted by molar-refractivity contribution is -0.121. The molecule has 2 amide bonds. The summed E-state index contributed by atoms with van der Waals surface area (Å²) in [5.41, 5.74) is 0.898. The van der Waals surface area contributed by atoms with Crippen molar-refractivity contribution in [2.75, 3.05) is 17.2 Å². The first-order valence-electron chi connectivity index (χ1n) is 7.97. The van der Waals surface area contributed by atoms with Crippen LogP contribution in [0.1, 0.15) is 19.1 Å². The Morgan fingerprint density at radius 1 is 1.33 bits per heavy atom. The van der Waals surface area contributed by atoms with E-state index in [0.29, 0.717) is 18.7 Å². The average Bonchev–Trinajstić information content (AvgIpc) is 3.06. The molecular weight excluding hydrogens is 324 g/mol. The summed E-state index contributed by atoms with van der Waals surface area (Å²) in [6.45, 7) is 2.34. The van der Waals surface area contributed by atoms with Crippen molar-refractivity contribution in [1.82, 2.24) is 5.32 Å². The second kappa shape index (κ2) is 7.57. The molecule has 0 saturated carbocycles. The van der Waals surface area contributed by atoms with Crippen LogP contribution in [0.3, 0.4) is 0 Å². The van der Waals surface area contributed by atoms with Gasteiger partial charge in [-0.05, 0) is 31.2 Å². The van der Waals surface area contributed by atoms with Crippen LogP contribution in [0.15, 0.2) is 52.0 Å². The molecule has 0 aliphatic carbocycles. The molecule has 5 nitrogen and oxygen atoms in total. The fraction of sp³-hybridized carbons (Fsp3) is 0.333. The number of furan rings is 1. The van der Waals surface area contributed by atoms with Gasteiger partial charge in [0.15, 0.2) is 0 Å². The number of hydrogen-bond donors (Lipinski definition) is 1. The maximum atomic E-state index is 12.2. The highest BCUT2D eigenvalue weighted by Gasteiger charge is 2.24. The van der Waals surface area contributed by atoms with Gasteiger partial charge in [0.2, 0.25) is 11.8 Å². The monoisotopic (exact) mass is 344 g/mol. The van der Waals surface area contributed by atoms with Crippen LogP contribution in [-0.4, -0.2) is 30.2 Å². The summed E-state index contributed by atoms with van der Waals surface area (Å²) in [5, 5.41) is 2.95. The van der Waals surface area contributed by atoms with Crippen molar-refractivity contribution < 1.29 is 14.0 Å². The first-order chi connectivity index (χ1) is 11.6. The van der Waals surface area contributed by atoms with Crippen LogP contribution in [0, 0.1) is 0 Å². The van der Waals surface area contributed by atoms with Crippen LogP contribution in [-0.2, 0) is 16.0 Å². The summed E-state index contributed by atoms with van der Waals surface area (Å²) in [6.07, 6.45) is 2.56. The molecule has 6 heteroatoms. The Balaban J connectivity index is 1.53. The third-order valence-corrected chi connectivity index (χ3v) is 4.91. The molecule has 0 unspecified atom stereocenters. The minimum absolute atomic E-state index is 0.0106. The lowest BCUT2D eigenvalue weighted by Crippen LogP contribution is -2.40. The van der Waals surface area contributed by atoms with E-state index in [4.69, 9.17) is 4.42 Å². The van der Waals surface area contributed by atoms with Gasteiger partial charge in [0, 0.05) is 30.3 Å². The molecule has 2 heterocycles. The Hall–Kier alpha value is -2.21. The zero-order chi connectivity index (χ0) is 16.9. The fourth-order valence-corrected chi connectivity index (χ4v) is 3.68. The van der Waals surface area contributed by atoms with Crippen LogP contribution in [0.5, 0.6) is 0 Å². The van der Waals surface area contributed by atoms with Gasteiger partial charge in [-0.25, -0.2) is 0 Å². The molecule has 0 radical (unpaired) electrons. The molecule has 0 fully saturated rings. The normalized spacial score (nSPS) is 15.0. The van der Waals surface area contributed by atoms with Crippen LogP contribution in [0.2, 0.25) is 0 Å². The number of amides is 2. The number of rotatable bonds is 6. The van der Waals surface area contributed by atoms with E-state index in [1.165, 1.54) is 0 Å². The van der Waals surface area contributed by atoms with Crippen molar-refractivity contribution in [3.63, 3.8) is 0 Å². The van der Waals surface area contributed by atoms with E-state index in [1.807, 2.05) is 43.3 Å². The van der Waals surface area contributed by atoms with Crippen molar-refractivity contribution in [3.05, 3.63) is 48.4 Å². The number of para-hydroxylation sites is 1. The van der Waals surface area contributed by atoms with Gasteiger partial charge in [-0.2, -0.15) is 0 Å². The largest absolute Gasteiger partial charge is 0.469 e. The first-order valence-corrected chi connectivity index (χ1v) is 8.96. The van der Waals surface area contributed by atoms with Gasteiger partial charge in [-0.15, -0.1) is 11.8 Å². The number of fused-ring (bicyclic) bond motifs is 1. The molecule has 3 rings (SSSR count). The standard InChI is InChI=1S/C18H20N2O3S/c1-13(11-14-5-4-10-23-14)19-17(21)8-9-20-15-6-2-3-7-16(15)24-12-18(20)22/h2-7,10,13H,8-9,11-12H2,1H3,(H,19,21)/t13-/m0/s1. The number of nitrogens with zero attached hydrogens (tertiary/aromatic N) is 1. The molecule has 1 aliphatic rings. The maximum absolute atomic E-state index is 12.2. The van der Waals surface area contributed by atoms with Crippen molar-refractivity contribution in [1.29, 1.82) is 0 Å². The molecular formula is C18H20N2O3S. The highest BCUT2D eigenvalue weighted by molar-refractivity contribution is 8.00. The van der Waals surface area contributed by atoms with Gasteiger partial charge in [-0.3, -0.25) is 9.59 Å². The number of thioether (sulfide) groups is 1. The minimum atomic E-state index is -0.0578. The average molecular weight is 344 g/mol. The predicted octanol–water partition coefficient (Wildman–Crippen LogP) is 2.86. The Bertz CT molecular complexity index is 715. The van der Waals surface area contributed by atoms with E-state index < -0.39 is 0 Å². The van der Waals surface area contributed by atoms with E-state index in [0.717, 1.165) is 16.3 Å². The Morgan fingerprint density at radius 3 is 2.96 bits per heavy atom. The molecule has 1 atom stereocenters. The van der Waals surface area contributed by atoms with E-state index in [9.17, 15) is 9.59 Å². The first kappa shape index (κ1) is 16.6. The number of nitrogens with one attached hydrogen (secondary N) is 1. The van der Waals surface area contributed by atoms with Crippen molar-refractivity contribution >= 4 is 29.3 Å². The van der Waals surface area contributed by atoms with Gasteiger partial charge >= 0.3 is 0 Å². The summed E-state index contributed by atoms with van der Waals surface area (Å²) < 4.78 is 5.29. The Kier molecular flexibility index (Phi) is 5.25. The second-order valence-corrected chi connectivity index (χ2v) is 6.82. The van der Waals surface area contributed by atoms with Gasteiger partial charge in [0.25, 0.3) is 0 Å². The number of carbonyl (C=O) groups excluding carboxylic acids is 2. The smallest absolute Gasteiger partial charge is 0.237 e. The van der Waals surface area contributed by atoms with Crippen LogP contribution in [0.4, 0.5) is 5.69 Å². The predicted molar refractivity (Wildman–Crippen MR) is 94.2 cm³/mol. The number of anilines is 1. The molecule has 0 saturated heterocycles. The molecule has 0 bridgehead atoms. The van der Waals surface area contributed by atoms with Crippen LogP contribution in [0.25, 0.3) is 0 Å². The minimum Gasteiger partial charge on any atom is -0.469 e.